The van der Waals surface area contributed by atoms with Gasteiger partial charge in [0.15, 0.2) is 0 Å². The average molecular weight is 350 g/mol. The Bertz CT molecular complexity index is 426. The van der Waals surface area contributed by atoms with Crippen LogP contribution in [0.5, 0.6) is 0 Å². The molecule has 0 aliphatic carbocycles. The number of carbonyl (C=O) groups is 1. The fraction of sp³-hybridized carbons (Fsp3) is 0.600. The molecule has 1 aliphatic rings. The van der Waals surface area contributed by atoms with E-state index in [1.807, 2.05) is 12.3 Å². The van der Waals surface area contributed by atoms with Gasteiger partial charge in [-0.3, -0.25) is 9.78 Å². The van der Waals surface area contributed by atoms with E-state index in [2.05, 4.69) is 35.5 Å². The molecule has 1 fully saturated rings. The highest BCUT2D eigenvalue weighted by atomic mass is 35.5. The summed E-state index contributed by atoms with van der Waals surface area (Å²) in [5, 5.41) is 6.16. The number of hydrogen-bond acceptors (Lipinski definition) is 4. The predicted octanol–water partition coefficient (Wildman–Crippen LogP) is 1.77. The van der Waals surface area contributed by atoms with Crippen LogP contribution in [-0.4, -0.2) is 43.2 Å². The molecule has 5 nitrogen and oxygen atoms in total. The molecule has 0 radical (unpaired) electrons. The Morgan fingerprint density at radius 2 is 2.27 bits per heavy atom. The Kier molecular flexibility index (Phi) is 10.3. The van der Waals surface area contributed by atoms with Crippen molar-refractivity contribution in [1.82, 2.24) is 15.6 Å². The van der Waals surface area contributed by atoms with E-state index in [4.69, 9.17) is 4.74 Å². The summed E-state index contributed by atoms with van der Waals surface area (Å²) in [7, 11) is 0. The molecule has 2 N–H and O–H groups in total. The lowest BCUT2D eigenvalue weighted by atomic mass is 9.89. The van der Waals surface area contributed by atoms with Crippen molar-refractivity contribution >= 4 is 30.7 Å². The minimum Gasteiger partial charge on any atom is -0.366 e. The topological polar surface area (TPSA) is 63.2 Å². The number of nitrogens with zero attached hydrogens (tertiary/aromatic N) is 1. The lowest BCUT2D eigenvalue weighted by Gasteiger charge is -2.25. The van der Waals surface area contributed by atoms with Crippen LogP contribution < -0.4 is 10.6 Å². The van der Waals surface area contributed by atoms with E-state index >= 15 is 0 Å². The third-order valence-corrected chi connectivity index (χ3v) is 3.63. The Morgan fingerprint density at radius 1 is 1.50 bits per heavy atom. The third kappa shape index (κ3) is 6.08. The Labute approximate surface area is 144 Å². The monoisotopic (exact) mass is 349 g/mol. The molecule has 0 bridgehead atoms. The van der Waals surface area contributed by atoms with Gasteiger partial charge >= 0.3 is 0 Å². The Balaban J connectivity index is 0.00000220. The first-order valence-electron chi connectivity index (χ1n) is 7.18. The summed E-state index contributed by atoms with van der Waals surface area (Å²) in [4.78, 5) is 16.2. The molecule has 1 aromatic rings. The number of hydrogen-bond donors (Lipinski definition) is 2. The molecule has 2 heterocycles. The quantitative estimate of drug-likeness (QED) is 0.850. The van der Waals surface area contributed by atoms with Crippen LogP contribution in [0, 0.1) is 5.92 Å². The van der Waals surface area contributed by atoms with Crippen molar-refractivity contribution in [2.45, 2.75) is 25.9 Å². The van der Waals surface area contributed by atoms with Crippen molar-refractivity contribution in [2.75, 3.05) is 26.2 Å². The maximum atomic E-state index is 12.1. The van der Waals surface area contributed by atoms with Gasteiger partial charge in [-0.15, -0.1) is 24.8 Å². The standard InChI is InChI=1S/C15H23N3O2.2ClH/c1-11(2)13(12-4-3-5-16-8-12)9-18-15(19)14-10-17-6-7-20-14;;/h3-5,8,11,13-14,17H,6-7,9-10H2,1-2H3,(H,18,19);2*1H. The number of pyridine rings is 1. The summed E-state index contributed by atoms with van der Waals surface area (Å²) in [5.41, 5.74) is 1.16. The number of nitrogens with one attached hydrogen (secondary N) is 2. The van der Waals surface area contributed by atoms with Gasteiger partial charge < -0.3 is 15.4 Å². The molecule has 0 saturated carbocycles. The van der Waals surface area contributed by atoms with Gasteiger partial charge in [-0.1, -0.05) is 19.9 Å². The van der Waals surface area contributed by atoms with Crippen molar-refractivity contribution in [3.8, 4) is 0 Å². The molecule has 2 rings (SSSR count). The first kappa shape index (κ1) is 21.1. The van der Waals surface area contributed by atoms with Gasteiger partial charge in [0.05, 0.1) is 6.61 Å². The number of halogens is 2. The van der Waals surface area contributed by atoms with E-state index in [0.717, 1.165) is 12.1 Å². The highest BCUT2D eigenvalue weighted by Gasteiger charge is 2.23. The summed E-state index contributed by atoms with van der Waals surface area (Å²) in [6, 6.07) is 3.99. The van der Waals surface area contributed by atoms with Crippen molar-refractivity contribution in [3.05, 3.63) is 30.1 Å². The Hall–Kier alpha value is -0.880. The second-order valence-corrected chi connectivity index (χ2v) is 5.45. The van der Waals surface area contributed by atoms with Crippen LogP contribution in [-0.2, 0) is 9.53 Å². The maximum absolute atomic E-state index is 12.1. The molecule has 2 unspecified atom stereocenters. The molecular weight excluding hydrogens is 325 g/mol. The van der Waals surface area contributed by atoms with Gasteiger partial charge in [0.1, 0.15) is 6.10 Å². The average Bonchev–Trinajstić information content (AvgIpc) is 2.49. The molecular formula is C15H25Cl2N3O2. The van der Waals surface area contributed by atoms with Crippen LogP contribution in [0.4, 0.5) is 0 Å². The molecule has 1 amide bonds. The van der Waals surface area contributed by atoms with Crippen molar-refractivity contribution in [2.24, 2.45) is 5.92 Å². The van der Waals surface area contributed by atoms with E-state index in [1.165, 1.54) is 0 Å². The summed E-state index contributed by atoms with van der Waals surface area (Å²) >= 11 is 0. The molecule has 2 atom stereocenters. The maximum Gasteiger partial charge on any atom is 0.250 e. The molecule has 1 saturated heterocycles. The van der Waals surface area contributed by atoms with Gasteiger partial charge in [-0.05, 0) is 17.5 Å². The molecule has 1 aromatic heterocycles. The van der Waals surface area contributed by atoms with E-state index in [9.17, 15) is 4.79 Å². The van der Waals surface area contributed by atoms with Crippen molar-refractivity contribution < 1.29 is 9.53 Å². The fourth-order valence-corrected chi connectivity index (χ4v) is 2.39. The highest BCUT2D eigenvalue weighted by molar-refractivity contribution is 5.85. The summed E-state index contributed by atoms with van der Waals surface area (Å²) < 4.78 is 5.45. The zero-order valence-electron chi connectivity index (χ0n) is 13.0. The number of rotatable bonds is 5. The van der Waals surface area contributed by atoms with E-state index < -0.39 is 0 Å². The molecule has 22 heavy (non-hydrogen) atoms. The minimum absolute atomic E-state index is 0. The zero-order valence-corrected chi connectivity index (χ0v) is 14.6. The minimum atomic E-state index is -0.370. The number of morpholine rings is 1. The normalized spacial score (nSPS) is 18.8. The molecule has 0 spiro atoms. The third-order valence-electron chi connectivity index (χ3n) is 3.63. The lowest BCUT2D eigenvalue weighted by molar-refractivity contribution is -0.134. The number of amides is 1. The zero-order chi connectivity index (χ0) is 14.4. The van der Waals surface area contributed by atoms with Crippen molar-refractivity contribution in [3.63, 3.8) is 0 Å². The first-order chi connectivity index (χ1) is 9.68. The molecule has 0 aromatic carbocycles. The van der Waals surface area contributed by atoms with E-state index in [0.29, 0.717) is 25.6 Å². The predicted molar refractivity (Wildman–Crippen MR) is 91.9 cm³/mol. The van der Waals surface area contributed by atoms with Gasteiger partial charge in [0, 0.05) is 37.9 Å². The molecule has 126 valence electrons. The van der Waals surface area contributed by atoms with Crippen LogP contribution in [0.3, 0.4) is 0 Å². The SMILES string of the molecule is CC(C)C(CNC(=O)C1CNCCO1)c1cccnc1.Cl.Cl. The lowest BCUT2D eigenvalue weighted by Crippen LogP contribution is -2.48. The van der Waals surface area contributed by atoms with Crippen LogP contribution in [0.25, 0.3) is 0 Å². The van der Waals surface area contributed by atoms with E-state index in [-0.39, 0.29) is 42.7 Å². The second-order valence-electron chi connectivity index (χ2n) is 5.45. The second kappa shape index (κ2) is 10.8. The van der Waals surface area contributed by atoms with Gasteiger partial charge in [0.25, 0.3) is 0 Å². The molecule has 7 heteroatoms. The van der Waals surface area contributed by atoms with Gasteiger partial charge in [-0.25, -0.2) is 0 Å². The summed E-state index contributed by atoms with van der Waals surface area (Å²) in [6.45, 7) is 6.92. The van der Waals surface area contributed by atoms with Crippen molar-refractivity contribution in [1.29, 1.82) is 0 Å². The van der Waals surface area contributed by atoms with Crippen LogP contribution in [0.1, 0.15) is 25.3 Å². The molecule has 1 aliphatic heterocycles. The smallest absolute Gasteiger partial charge is 0.250 e. The summed E-state index contributed by atoms with van der Waals surface area (Å²) in [5.74, 6) is 0.667. The highest BCUT2D eigenvalue weighted by Crippen LogP contribution is 2.22. The number of carbonyl (C=O) groups excluding carboxylic acids is 1. The summed E-state index contributed by atoms with van der Waals surface area (Å²) in [6.07, 6.45) is 3.27. The van der Waals surface area contributed by atoms with Crippen LogP contribution >= 0.6 is 24.8 Å². The number of aromatic nitrogens is 1. The van der Waals surface area contributed by atoms with Gasteiger partial charge in [0.2, 0.25) is 5.91 Å². The Morgan fingerprint density at radius 3 is 2.82 bits per heavy atom. The fourth-order valence-electron chi connectivity index (χ4n) is 2.39. The first-order valence-corrected chi connectivity index (χ1v) is 7.18. The van der Waals surface area contributed by atoms with Gasteiger partial charge in [-0.2, -0.15) is 0 Å². The largest absolute Gasteiger partial charge is 0.366 e. The van der Waals surface area contributed by atoms with E-state index in [1.54, 1.807) is 6.20 Å². The number of ether oxygens (including phenoxy) is 1. The van der Waals surface area contributed by atoms with Crippen LogP contribution in [0.2, 0.25) is 0 Å². The van der Waals surface area contributed by atoms with Crippen LogP contribution in [0.15, 0.2) is 24.5 Å².